The van der Waals surface area contributed by atoms with Crippen molar-refractivity contribution in [1.82, 2.24) is 0 Å². The number of rotatable bonds is 3. The molecule has 94 valence electrons. The van der Waals surface area contributed by atoms with Gasteiger partial charge >= 0.3 is 0 Å². The van der Waals surface area contributed by atoms with Crippen LogP contribution >= 0.6 is 46.4 Å². The molecule has 0 aliphatic heterocycles. The topological polar surface area (TPSA) is 0 Å². The molecule has 0 saturated heterocycles. The van der Waals surface area contributed by atoms with E-state index in [2.05, 4.69) is 0 Å². The lowest BCUT2D eigenvalue weighted by Gasteiger charge is -2.26. The van der Waals surface area contributed by atoms with Crippen molar-refractivity contribution in [3.63, 3.8) is 0 Å². The molecule has 0 heterocycles. The van der Waals surface area contributed by atoms with E-state index in [1.165, 1.54) is 0 Å². The van der Waals surface area contributed by atoms with Crippen LogP contribution in [0.5, 0.6) is 0 Å². The highest BCUT2D eigenvalue weighted by atomic mass is 35.5. The van der Waals surface area contributed by atoms with Gasteiger partial charge in [-0.25, -0.2) is 0 Å². The zero-order chi connectivity index (χ0) is 13.2. The van der Waals surface area contributed by atoms with E-state index in [0.717, 1.165) is 11.1 Å². The SMILES string of the molecule is Clc1ccc(C(Cl)(Cl)C(Cl)c2ccccc2)cc1. The number of hydrogen-bond acceptors (Lipinski definition) is 0. The summed E-state index contributed by atoms with van der Waals surface area (Å²) < 4.78 is -1.20. The van der Waals surface area contributed by atoms with Gasteiger partial charge in [0.05, 0.1) is 5.38 Å². The monoisotopic (exact) mass is 318 g/mol. The van der Waals surface area contributed by atoms with Gasteiger partial charge in [0.2, 0.25) is 0 Å². The third-order valence-corrected chi connectivity index (χ3v) is 4.57. The fraction of sp³-hybridized carbons (Fsp3) is 0.143. The Bertz CT molecular complexity index is 505. The molecule has 0 aliphatic carbocycles. The first kappa shape index (κ1) is 14.0. The van der Waals surface area contributed by atoms with E-state index in [1.54, 1.807) is 24.3 Å². The molecule has 0 aromatic heterocycles. The normalized spacial score (nSPS) is 13.3. The van der Waals surface area contributed by atoms with Crippen molar-refractivity contribution in [2.45, 2.75) is 9.71 Å². The molecule has 0 N–H and O–H groups in total. The molecule has 0 bridgehead atoms. The van der Waals surface area contributed by atoms with E-state index < -0.39 is 9.71 Å². The summed E-state index contributed by atoms with van der Waals surface area (Å²) in [5.41, 5.74) is 1.60. The first-order valence-corrected chi connectivity index (χ1v) is 6.91. The van der Waals surface area contributed by atoms with Crippen LogP contribution in [0.1, 0.15) is 16.5 Å². The van der Waals surface area contributed by atoms with Crippen LogP contribution in [0.2, 0.25) is 5.02 Å². The highest BCUT2D eigenvalue weighted by molar-refractivity contribution is 6.51. The van der Waals surface area contributed by atoms with Crippen LogP contribution < -0.4 is 0 Å². The number of alkyl halides is 3. The third-order valence-electron chi connectivity index (χ3n) is 2.64. The Morgan fingerprint density at radius 3 is 1.94 bits per heavy atom. The van der Waals surface area contributed by atoms with Crippen molar-refractivity contribution in [3.05, 3.63) is 70.7 Å². The van der Waals surface area contributed by atoms with Crippen LogP contribution in [0.4, 0.5) is 0 Å². The summed E-state index contributed by atoms with van der Waals surface area (Å²) in [6, 6.07) is 16.5. The lowest BCUT2D eigenvalue weighted by Crippen LogP contribution is -2.17. The second-order valence-corrected chi connectivity index (χ2v) is 6.16. The first-order valence-electron chi connectivity index (χ1n) is 5.34. The average Bonchev–Trinajstić information content (AvgIpc) is 2.39. The predicted molar refractivity (Wildman–Crippen MR) is 79.9 cm³/mol. The second-order valence-electron chi connectivity index (χ2n) is 3.90. The van der Waals surface area contributed by atoms with E-state index in [4.69, 9.17) is 46.4 Å². The smallest absolute Gasteiger partial charge is 0.114 e. The van der Waals surface area contributed by atoms with Gasteiger partial charge in [0.25, 0.3) is 0 Å². The van der Waals surface area contributed by atoms with Gasteiger partial charge in [-0.05, 0) is 23.3 Å². The fourth-order valence-electron chi connectivity index (χ4n) is 1.65. The Morgan fingerprint density at radius 1 is 0.833 bits per heavy atom. The molecule has 1 unspecified atom stereocenters. The minimum absolute atomic E-state index is 0.539. The Balaban J connectivity index is 2.33. The Labute approximate surface area is 126 Å². The zero-order valence-electron chi connectivity index (χ0n) is 9.29. The first-order chi connectivity index (χ1) is 8.51. The molecule has 0 saturated carbocycles. The van der Waals surface area contributed by atoms with E-state index in [1.807, 2.05) is 30.3 Å². The maximum atomic E-state index is 6.39. The highest BCUT2D eigenvalue weighted by Crippen LogP contribution is 2.48. The predicted octanol–water partition coefficient (Wildman–Crippen LogP) is 5.95. The molecule has 0 radical (unpaired) electrons. The Kier molecular flexibility index (Phi) is 4.45. The molecule has 1 atom stereocenters. The summed E-state index contributed by atoms with van der Waals surface area (Å²) >= 11 is 25.0. The van der Waals surface area contributed by atoms with Gasteiger partial charge in [0, 0.05) is 5.02 Å². The molecule has 0 fully saturated rings. The van der Waals surface area contributed by atoms with Crippen molar-refractivity contribution in [3.8, 4) is 0 Å². The van der Waals surface area contributed by atoms with E-state index in [9.17, 15) is 0 Å². The van der Waals surface area contributed by atoms with E-state index >= 15 is 0 Å². The summed E-state index contributed by atoms with van der Waals surface area (Å²) in [4.78, 5) is 0. The second kappa shape index (κ2) is 5.71. The molecule has 0 amide bonds. The van der Waals surface area contributed by atoms with Crippen LogP contribution in [0.15, 0.2) is 54.6 Å². The molecule has 2 rings (SSSR count). The van der Waals surface area contributed by atoms with Gasteiger partial charge < -0.3 is 0 Å². The standard InChI is InChI=1S/C14H10Cl4/c15-12-8-6-11(7-9-12)14(17,18)13(16)10-4-2-1-3-5-10/h1-9,13H. The van der Waals surface area contributed by atoms with Gasteiger partial charge in [-0.15, -0.1) is 11.6 Å². The third kappa shape index (κ3) is 2.95. The quantitative estimate of drug-likeness (QED) is 0.613. The summed E-state index contributed by atoms with van der Waals surface area (Å²) in [5.74, 6) is 0. The van der Waals surface area contributed by atoms with Crippen molar-refractivity contribution in [1.29, 1.82) is 0 Å². The summed E-state index contributed by atoms with van der Waals surface area (Å²) in [6.45, 7) is 0. The lowest BCUT2D eigenvalue weighted by atomic mass is 10.0. The van der Waals surface area contributed by atoms with Gasteiger partial charge in [0.15, 0.2) is 4.33 Å². The summed E-state index contributed by atoms with van der Waals surface area (Å²) in [7, 11) is 0. The lowest BCUT2D eigenvalue weighted by molar-refractivity contribution is 0.803. The van der Waals surface area contributed by atoms with Crippen molar-refractivity contribution in [2.75, 3.05) is 0 Å². The molecular weight excluding hydrogens is 310 g/mol. The van der Waals surface area contributed by atoms with Crippen molar-refractivity contribution < 1.29 is 0 Å². The summed E-state index contributed by atoms with van der Waals surface area (Å²) in [5, 5.41) is 0.0944. The van der Waals surface area contributed by atoms with Crippen LogP contribution in [0.25, 0.3) is 0 Å². The van der Waals surface area contributed by atoms with Crippen LogP contribution in [-0.2, 0) is 4.33 Å². The Hall–Kier alpha value is -0.400. The largest absolute Gasteiger partial charge is 0.163 e. The molecule has 4 heteroatoms. The molecule has 2 aromatic carbocycles. The molecule has 0 aliphatic rings. The Morgan fingerprint density at radius 2 is 1.39 bits per heavy atom. The van der Waals surface area contributed by atoms with Gasteiger partial charge in [0.1, 0.15) is 0 Å². The van der Waals surface area contributed by atoms with Crippen molar-refractivity contribution in [2.24, 2.45) is 0 Å². The van der Waals surface area contributed by atoms with Crippen LogP contribution in [0, 0.1) is 0 Å². The number of benzene rings is 2. The molecule has 2 aromatic rings. The molecule has 0 nitrogen and oxygen atoms in total. The number of hydrogen-bond donors (Lipinski definition) is 0. The molecule has 18 heavy (non-hydrogen) atoms. The molecule has 0 spiro atoms. The van der Waals surface area contributed by atoms with E-state index in [0.29, 0.717) is 5.02 Å². The van der Waals surface area contributed by atoms with Crippen molar-refractivity contribution >= 4 is 46.4 Å². The van der Waals surface area contributed by atoms with Gasteiger partial charge in [-0.1, -0.05) is 77.3 Å². The van der Waals surface area contributed by atoms with Gasteiger partial charge in [-0.2, -0.15) is 0 Å². The minimum Gasteiger partial charge on any atom is -0.114 e. The van der Waals surface area contributed by atoms with Crippen LogP contribution in [0.3, 0.4) is 0 Å². The maximum Gasteiger partial charge on any atom is 0.163 e. The summed E-state index contributed by atoms with van der Waals surface area (Å²) in [6.07, 6.45) is 0. The number of halogens is 4. The highest BCUT2D eigenvalue weighted by Gasteiger charge is 2.36. The minimum atomic E-state index is -1.20. The van der Waals surface area contributed by atoms with E-state index in [-0.39, 0.29) is 0 Å². The molecular formula is C14H10Cl4. The fourth-order valence-corrected chi connectivity index (χ4v) is 2.55. The van der Waals surface area contributed by atoms with Crippen LogP contribution in [-0.4, -0.2) is 0 Å². The average molecular weight is 320 g/mol. The maximum absolute atomic E-state index is 6.39. The van der Waals surface area contributed by atoms with Gasteiger partial charge in [-0.3, -0.25) is 0 Å². The zero-order valence-corrected chi connectivity index (χ0v) is 12.3.